The van der Waals surface area contributed by atoms with Crippen LogP contribution in [0.15, 0.2) is 23.3 Å². The molecule has 12 nitrogen and oxygen atoms in total. The van der Waals surface area contributed by atoms with Gasteiger partial charge in [-0.05, 0) is 95.5 Å². The van der Waals surface area contributed by atoms with Crippen molar-refractivity contribution in [3.8, 4) is 0 Å². The van der Waals surface area contributed by atoms with Gasteiger partial charge in [0.1, 0.15) is 24.0 Å². The predicted octanol–water partition coefficient (Wildman–Crippen LogP) is 5.72. The number of ketones is 2. The Kier molecular flexibility index (Phi) is 17.2. The Morgan fingerprint density at radius 2 is 1.62 bits per heavy atom. The number of amides is 1. The van der Waals surface area contributed by atoms with E-state index in [2.05, 4.69) is 6.92 Å². The third-order valence-corrected chi connectivity index (χ3v) is 13.3. The lowest BCUT2D eigenvalue weighted by Gasteiger charge is -2.47. The number of carbonyl (C=O) groups excluding carboxylic acids is 4. The van der Waals surface area contributed by atoms with Crippen molar-refractivity contribution < 1.29 is 53.1 Å². The van der Waals surface area contributed by atoms with Crippen molar-refractivity contribution in [2.45, 2.75) is 166 Å². The van der Waals surface area contributed by atoms with Crippen LogP contribution in [-0.2, 0) is 42.9 Å². The Morgan fingerprint density at radius 3 is 2.27 bits per heavy atom. The van der Waals surface area contributed by atoms with Crippen molar-refractivity contribution in [3.63, 3.8) is 0 Å². The highest BCUT2D eigenvalue weighted by atomic mass is 35.5. The summed E-state index contributed by atoms with van der Waals surface area (Å²) in [6.45, 7) is 11.3. The van der Waals surface area contributed by atoms with Gasteiger partial charge in [0.25, 0.3) is 11.7 Å². The van der Waals surface area contributed by atoms with Crippen LogP contribution in [0.1, 0.15) is 112 Å². The molecule has 2 saturated heterocycles. The van der Waals surface area contributed by atoms with Gasteiger partial charge in [-0.3, -0.25) is 14.4 Å². The lowest BCUT2D eigenvalue weighted by atomic mass is 9.82. The smallest absolute Gasteiger partial charge is 0.329 e. The summed E-state index contributed by atoms with van der Waals surface area (Å²) < 4.78 is 29.9. The van der Waals surface area contributed by atoms with Crippen LogP contribution in [0.2, 0.25) is 0 Å². The van der Waals surface area contributed by atoms with Crippen LogP contribution < -0.4 is 0 Å². The van der Waals surface area contributed by atoms with Crippen LogP contribution in [0.25, 0.3) is 0 Å². The van der Waals surface area contributed by atoms with E-state index in [9.17, 15) is 29.4 Å². The zero-order chi connectivity index (χ0) is 41.5. The van der Waals surface area contributed by atoms with E-state index in [4.69, 9.17) is 35.3 Å². The molecule has 4 aliphatic rings. The van der Waals surface area contributed by atoms with Crippen molar-refractivity contribution in [1.29, 1.82) is 0 Å². The number of piperidine rings is 1. The number of hydrogen-bond acceptors (Lipinski definition) is 11. The number of cyclic esters (lactones) is 1. The molecule has 3 aliphatic heterocycles. The molecule has 1 aliphatic carbocycles. The molecule has 0 spiro atoms. The summed E-state index contributed by atoms with van der Waals surface area (Å²) in [5, 5.41) is 23.6. The van der Waals surface area contributed by atoms with Crippen LogP contribution in [0.3, 0.4) is 0 Å². The average Bonchev–Trinajstić information content (AvgIpc) is 3.18. The highest BCUT2D eigenvalue weighted by Crippen LogP contribution is 2.39. The zero-order valence-electron chi connectivity index (χ0n) is 35.0. The fraction of sp³-hybridized carbons (Fsp3) is 0.814. The second-order valence-corrected chi connectivity index (χ2v) is 17.7. The van der Waals surface area contributed by atoms with E-state index in [1.54, 1.807) is 21.0 Å². The minimum atomic E-state index is -2.49. The minimum Gasteiger partial charge on any atom is -0.456 e. The number of Topliss-reactive ketones (excluding diaryl/α,β-unsaturated/α-hetero) is 2. The number of carbonyl (C=O) groups is 4. The second kappa shape index (κ2) is 20.7. The van der Waals surface area contributed by atoms with Crippen LogP contribution >= 0.6 is 11.6 Å². The normalized spacial score (nSPS) is 41.6. The lowest BCUT2D eigenvalue weighted by molar-refractivity contribution is -0.302. The van der Waals surface area contributed by atoms with Gasteiger partial charge in [-0.25, -0.2) is 4.79 Å². The van der Waals surface area contributed by atoms with Crippen LogP contribution in [0.5, 0.6) is 0 Å². The molecule has 2 N–H and O–H groups in total. The van der Waals surface area contributed by atoms with Gasteiger partial charge in [0.15, 0.2) is 0 Å². The number of hydrogen-bond donors (Lipinski definition) is 2. The molecule has 0 radical (unpaired) electrons. The lowest BCUT2D eigenvalue weighted by Crippen LogP contribution is -2.64. The number of halogens is 1. The maximum absolute atomic E-state index is 14.3. The molecule has 1 amide bonds. The Hall–Kier alpha value is -2.19. The summed E-state index contributed by atoms with van der Waals surface area (Å²) >= 11 is 6.52. The van der Waals surface area contributed by atoms with E-state index in [0.29, 0.717) is 44.1 Å². The van der Waals surface area contributed by atoms with Crippen molar-refractivity contribution in [3.05, 3.63) is 23.3 Å². The van der Waals surface area contributed by atoms with E-state index in [0.717, 1.165) is 18.4 Å². The summed E-state index contributed by atoms with van der Waals surface area (Å²) in [6, 6.07) is -1.12. The first-order valence-corrected chi connectivity index (χ1v) is 21.2. The summed E-state index contributed by atoms with van der Waals surface area (Å²) in [5.74, 6) is -7.31. The minimum absolute atomic E-state index is 0.0425. The molecule has 13 heteroatoms. The molecule has 56 heavy (non-hydrogen) atoms. The molecule has 0 aromatic heterocycles. The number of rotatable bonds is 6. The third-order valence-electron chi connectivity index (χ3n) is 12.8. The Labute approximate surface area is 339 Å². The van der Waals surface area contributed by atoms with Gasteiger partial charge in [-0.1, -0.05) is 45.4 Å². The van der Waals surface area contributed by atoms with E-state index in [-0.39, 0.29) is 54.9 Å². The number of nitrogens with zero attached hydrogens (tertiary/aromatic N) is 1. The molecule has 1 saturated carbocycles. The molecule has 14 atom stereocenters. The molecule has 0 aromatic carbocycles. The summed E-state index contributed by atoms with van der Waals surface area (Å²) in [7, 11) is 4.71. The maximum Gasteiger partial charge on any atom is 0.329 e. The SMILES string of the molecule is CC[C@H]1/C=C(\C)C[C@@H](C)C[C@H](OC)[C@H]2O[C@@](O)(C(=O)C(=O)N3CCCC[C@H]3C(=O)O[C@H](/C(C)=C/[C@@H]3CC[C@H](Cl)[C@H](OC)C3)[C@@H](C)[C@H](O)CC1=O)[C@H](C)C[C@@H]2OC. The first kappa shape index (κ1) is 46.5. The molecule has 0 unspecified atom stereocenters. The molecule has 3 heterocycles. The number of allylic oxidation sites excluding steroid dienone is 3. The Bertz CT molecular complexity index is 1440. The van der Waals surface area contributed by atoms with Gasteiger partial charge in [-0.15, -0.1) is 11.6 Å². The average molecular weight is 810 g/mol. The highest BCUT2D eigenvalue weighted by molar-refractivity contribution is 6.39. The molecule has 4 rings (SSSR count). The van der Waals surface area contributed by atoms with Crippen LogP contribution in [-0.4, -0.2) is 120 Å². The number of esters is 1. The standard InChI is InChI=1S/C43H68ClNO11/c1-10-30-18-24(2)17-25(3)19-36(53-8)39-37(54-9)21-27(5)43(51,56-39)40(48)41(49)45-16-12-11-13-32(45)42(50)55-38(28(6)33(46)23-34(30)47)26(4)20-29-14-15-31(44)35(22-29)52-7/h18,20,25,27-33,35-39,46,51H,10-17,19,21-23H2,1-9H3/b24-18+,26-20+/t25-,27-,28+,29+,30+,31+,32+,33-,35-,36+,37+,38-,39-,43-/m1/s1. The van der Waals surface area contributed by atoms with Crippen molar-refractivity contribution in [2.75, 3.05) is 27.9 Å². The third kappa shape index (κ3) is 10.9. The Balaban J connectivity index is 1.76. The first-order valence-electron chi connectivity index (χ1n) is 20.7. The van der Waals surface area contributed by atoms with E-state index >= 15 is 0 Å². The van der Waals surface area contributed by atoms with Gasteiger partial charge >= 0.3 is 5.97 Å². The summed E-state index contributed by atoms with van der Waals surface area (Å²) in [4.78, 5) is 57.7. The fourth-order valence-electron chi connectivity index (χ4n) is 9.36. The van der Waals surface area contributed by atoms with Gasteiger partial charge in [0, 0.05) is 52.0 Å². The second-order valence-electron chi connectivity index (χ2n) is 17.1. The number of aliphatic hydroxyl groups excluding tert-OH is 1. The van der Waals surface area contributed by atoms with Gasteiger partial charge in [0.2, 0.25) is 5.79 Å². The number of aliphatic hydroxyl groups is 2. The van der Waals surface area contributed by atoms with Crippen molar-refractivity contribution >= 4 is 35.0 Å². The first-order chi connectivity index (χ1) is 26.5. The summed E-state index contributed by atoms with van der Waals surface area (Å²) in [6.07, 6.45) is 5.16. The van der Waals surface area contributed by atoms with Gasteiger partial charge in [-0.2, -0.15) is 0 Å². The van der Waals surface area contributed by atoms with E-state index in [1.165, 1.54) is 19.1 Å². The molecule has 3 fully saturated rings. The van der Waals surface area contributed by atoms with E-state index in [1.807, 2.05) is 32.9 Å². The quantitative estimate of drug-likeness (QED) is 0.146. The topological polar surface area (TPSA) is 158 Å². The predicted molar refractivity (Wildman–Crippen MR) is 212 cm³/mol. The van der Waals surface area contributed by atoms with Gasteiger partial charge in [0.05, 0.1) is 29.8 Å². The highest BCUT2D eigenvalue weighted by Gasteiger charge is 2.56. The zero-order valence-corrected chi connectivity index (χ0v) is 35.8. The molecular formula is C43H68ClNO11. The maximum atomic E-state index is 14.3. The number of fused-ring (bicyclic) bond motifs is 3. The number of ether oxygens (including phenoxy) is 5. The number of methoxy groups -OCH3 is 3. The summed E-state index contributed by atoms with van der Waals surface area (Å²) in [5.41, 5.74) is 1.71. The van der Waals surface area contributed by atoms with Crippen molar-refractivity contribution in [1.82, 2.24) is 4.90 Å². The fourth-order valence-corrected chi connectivity index (χ4v) is 9.69. The van der Waals surface area contributed by atoms with Gasteiger partial charge < -0.3 is 38.8 Å². The van der Waals surface area contributed by atoms with E-state index < -0.39 is 77.8 Å². The van der Waals surface area contributed by atoms with Crippen LogP contribution in [0, 0.1) is 29.6 Å². The van der Waals surface area contributed by atoms with Crippen LogP contribution in [0.4, 0.5) is 0 Å². The molecular weight excluding hydrogens is 742 g/mol. The largest absolute Gasteiger partial charge is 0.456 e. The van der Waals surface area contributed by atoms with Crippen molar-refractivity contribution in [2.24, 2.45) is 29.6 Å². The number of alkyl halides is 1. The molecule has 2 bridgehead atoms. The molecule has 0 aromatic rings. The molecule has 318 valence electrons. The Morgan fingerprint density at radius 1 is 0.964 bits per heavy atom. The monoisotopic (exact) mass is 809 g/mol.